The normalized spacial score (nSPS) is 13.9. The van der Waals surface area contributed by atoms with E-state index >= 15 is 0 Å². The Hall–Kier alpha value is -0.650. The smallest absolute Gasteiger partial charge is 0.263 e. The molecule has 0 radical (unpaired) electrons. The molecule has 4 nitrogen and oxygen atoms in total. The molecule has 0 spiro atoms. The fraction of sp³-hybridized carbons (Fsp3) is 0.667. The lowest BCUT2D eigenvalue weighted by Gasteiger charge is -2.30. The standard InChI is InChI=1S/C12H21N3OS.ClH/c1-8(2)5-12(4,7-13)15-11(16)10-6-14-9(3)17-10;/h6,8H,5,7,13H2,1-4H3,(H,15,16);1H. The molecule has 0 saturated heterocycles. The molecular formula is C12H22ClN3OS. The highest BCUT2D eigenvalue weighted by molar-refractivity contribution is 7.13. The van der Waals surface area contributed by atoms with Crippen LogP contribution in [-0.4, -0.2) is 23.0 Å². The number of nitrogens with zero attached hydrogens (tertiary/aromatic N) is 1. The number of rotatable bonds is 5. The Bertz CT molecular complexity index is 394. The minimum atomic E-state index is -0.344. The van der Waals surface area contributed by atoms with Gasteiger partial charge >= 0.3 is 0 Å². The SMILES string of the molecule is Cc1ncc(C(=O)NC(C)(CN)CC(C)C)s1.Cl. The maximum Gasteiger partial charge on any atom is 0.263 e. The van der Waals surface area contributed by atoms with Crippen molar-refractivity contribution in [3.8, 4) is 0 Å². The summed E-state index contributed by atoms with van der Waals surface area (Å²) in [4.78, 5) is 16.7. The summed E-state index contributed by atoms with van der Waals surface area (Å²) in [5.74, 6) is 0.413. The van der Waals surface area contributed by atoms with Crippen molar-refractivity contribution in [2.45, 2.75) is 39.7 Å². The van der Waals surface area contributed by atoms with E-state index in [1.807, 2.05) is 13.8 Å². The van der Waals surface area contributed by atoms with E-state index in [4.69, 9.17) is 5.73 Å². The average Bonchev–Trinajstić information content (AvgIpc) is 2.63. The van der Waals surface area contributed by atoms with Gasteiger partial charge in [0.2, 0.25) is 0 Å². The predicted molar refractivity (Wildman–Crippen MR) is 78.5 cm³/mol. The minimum absolute atomic E-state index is 0. The summed E-state index contributed by atoms with van der Waals surface area (Å²) in [6.07, 6.45) is 2.48. The van der Waals surface area contributed by atoms with E-state index in [-0.39, 0.29) is 23.9 Å². The Balaban J connectivity index is 0.00000289. The molecule has 1 aromatic heterocycles. The maximum atomic E-state index is 12.0. The Labute approximate surface area is 119 Å². The number of hydrogen-bond donors (Lipinski definition) is 2. The minimum Gasteiger partial charge on any atom is -0.345 e. The molecule has 0 aliphatic rings. The van der Waals surface area contributed by atoms with Crippen molar-refractivity contribution in [3.63, 3.8) is 0 Å². The van der Waals surface area contributed by atoms with Crippen LogP contribution in [0.25, 0.3) is 0 Å². The largest absolute Gasteiger partial charge is 0.345 e. The number of nitrogens with two attached hydrogens (primary N) is 1. The number of thiazole rings is 1. The van der Waals surface area contributed by atoms with Gasteiger partial charge in [-0.05, 0) is 26.2 Å². The molecule has 1 aromatic rings. The first-order valence-corrected chi connectivity index (χ1v) is 6.63. The van der Waals surface area contributed by atoms with Gasteiger partial charge < -0.3 is 11.1 Å². The molecule has 1 atom stereocenters. The highest BCUT2D eigenvalue weighted by Gasteiger charge is 2.26. The molecule has 1 rings (SSSR count). The van der Waals surface area contributed by atoms with Crippen LogP contribution in [0, 0.1) is 12.8 Å². The molecule has 18 heavy (non-hydrogen) atoms. The van der Waals surface area contributed by atoms with Gasteiger partial charge in [0.05, 0.1) is 16.7 Å². The van der Waals surface area contributed by atoms with Gasteiger partial charge in [0.25, 0.3) is 5.91 Å². The summed E-state index contributed by atoms with van der Waals surface area (Å²) >= 11 is 1.40. The molecule has 0 aliphatic heterocycles. The van der Waals surface area contributed by atoms with E-state index in [1.165, 1.54) is 11.3 Å². The molecule has 0 aromatic carbocycles. The molecule has 1 heterocycles. The Morgan fingerprint density at radius 1 is 1.61 bits per heavy atom. The van der Waals surface area contributed by atoms with Crippen LogP contribution in [0.5, 0.6) is 0 Å². The van der Waals surface area contributed by atoms with Gasteiger partial charge in [-0.2, -0.15) is 0 Å². The van der Waals surface area contributed by atoms with Gasteiger partial charge in [-0.15, -0.1) is 23.7 Å². The number of aromatic nitrogens is 1. The van der Waals surface area contributed by atoms with Gasteiger partial charge in [0.15, 0.2) is 0 Å². The van der Waals surface area contributed by atoms with Crippen LogP contribution >= 0.6 is 23.7 Å². The second kappa shape index (κ2) is 7.07. The number of nitrogens with one attached hydrogen (secondary N) is 1. The number of aryl methyl sites for hydroxylation is 1. The fourth-order valence-electron chi connectivity index (χ4n) is 1.89. The van der Waals surface area contributed by atoms with Crippen molar-refractivity contribution >= 4 is 29.7 Å². The van der Waals surface area contributed by atoms with E-state index in [0.717, 1.165) is 11.4 Å². The van der Waals surface area contributed by atoms with E-state index in [0.29, 0.717) is 17.3 Å². The van der Waals surface area contributed by atoms with E-state index in [2.05, 4.69) is 24.1 Å². The fourth-order valence-corrected chi connectivity index (χ4v) is 2.56. The summed E-state index contributed by atoms with van der Waals surface area (Å²) < 4.78 is 0. The second-order valence-electron chi connectivity index (χ2n) is 5.06. The van der Waals surface area contributed by atoms with Gasteiger partial charge in [0, 0.05) is 6.54 Å². The Kier molecular flexibility index (Phi) is 6.81. The van der Waals surface area contributed by atoms with Crippen molar-refractivity contribution in [2.24, 2.45) is 11.7 Å². The summed E-state index contributed by atoms with van der Waals surface area (Å²) in [5.41, 5.74) is 5.42. The first kappa shape index (κ1) is 17.4. The van der Waals surface area contributed by atoms with E-state index in [9.17, 15) is 4.79 Å². The number of carbonyl (C=O) groups is 1. The van der Waals surface area contributed by atoms with Crippen molar-refractivity contribution in [1.82, 2.24) is 10.3 Å². The topological polar surface area (TPSA) is 68.0 Å². The van der Waals surface area contributed by atoms with Gasteiger partial charge in [-0.1, -0.05) is 13.8 Å². The second-order valence-corrected chi connectivity index (χ2v) is 6.30. The summed E-state index contributed by atoms with van der Waals surface area (Å²) in [6, 6.07) is 0. The van der Waals surface area contributed by atoms with Crippen LogP contribution in [0.4, 0.5) is 0 Å². The van der Waals surface area contributed by atoms with Crippen LogP contribution < -0.4 is 11.1 Å². The summed E-state index contributed by atoms with van der Waals surface area (Å²) in [5, 5.41) is 3.91. The highest BCUT2D eigenvalue weighted by Crippen LogP contribution is 2.18. The van der Waals surface area contributed by atoms with E-state index < -0.39 is 0 Å². The summed E-state index contributed by atoms with van der Waals surface area (Å²) in [6.45, 7) is 8.55. The van der Waals surface area contributed by atoms with Crippen LogP contribution in [0.15, 0.2) is 6.20 Å². The average molecular weight is 292 g/mol. The molecular weight excluding hydrogens is 270 g/mol. The molecule has 0 aliphatic carbocycles. The van der Waals surface area contributed by atoms with Crippen LogP contribution in [0.1, 0.15) is 41.9 Å². The number of hydrogen-bond acceptors (Lipinski definition) is 4. The summed E-state index contributed by atoms with van der Waals surface area (Å²) in [7, 11) is 0. The van der Waals surface area contributed by atoms with E-state index in [1.54, 1.807) is 6.20 Å². The lowest BCUT2D eigenvalue weighted by Crippen LogP contribution is -2.52. The maximum absolute atomic E-state index is 12.0. The highest BCUT2D eigenvalue weighted by atomic mass is 35.5. The molecule has 0 fully saturated rings. The van der Waals surface area contributed by atoms with Crippen molar-refractivity contribution in [2.75, 3.05) is 6.54 Å². The molecule has 3 N–H and O–H groups in total. The molecule has 104 valence electrons. The third-order valence-electron chi connectivity index (χ3n) is 2.57. The lowest BCUT2D eigenvalue weighted by atomic mass is 9.90. The molecule has 1 unspecified atom stereocenters. The zero-order valence-corrected chi connectivity index (χ0v) is 13.0. The Morgan fingerprint density at radius 2 is 2.22 bits per heavy atom. The van der Waals surface area contributed by atoms with Crippen molar-refractivity contribution in [1.29, 1.82) is 0 Å². The third-order valence-corrected chi connectivity index (χ3v) is 3.48. The third kappa shape index (κ3) is 4.92. The van der Waals surface area contributed by atoms with Gasteiger partial charge in [-0.3, -0.25) is 4.79 Å². The van der Waals surface area contributed by atoms with Crippen LogP contribution in [0.2, 0.25) is 0 Å². The number of amides is 1. The monoisotopic (exact) mass is 291 g/mol. The van der Waals surface area contributed by atoms with Crippen molar-refractivity contribution < 1.29 is 4.79 Å². The first-order chi connectivity index (χ1) is 7.86. The molecule has 0 saturated carbocycles. The zero-order chi connectivity index (χ0) is 13.1. The molecule has 0 bridgehead atoms. The molecule has 6 heteroatoms. The number of carbonyl (C=O) groups excluding carboxylic acids is 1. The quantitative estimate of drug-likeness (QED) is 0.875. The zero-order valence-electron chi connectivity index (χ0n) is 11.3. The Morgan fingerprint density at radius 3 is 2.61 bits per heavy atom. The van der Waals surface area contributed by atoms with Crippen LogP contribution in [0.3, 0.4) is 0 Å². The lowest BCUT2D eigenvalue weighted by molar-refractivity contribution is 0.0902. The number of halogens is 1. The van der Waals surface area contributed by atoms with Gasteiger partial charge in [0.1, 0.15) is 4.88 Å². The first-order valence-electron chi connectivity index (χ1n) is 5.81. The van der Waals surface area contributed by atoms with Gasteiger partial charge in [-0.25, -0.2) is 4.98 Å². The van der Waals surface area contributed by atoms with Crippen molar-refractivity contribution in [3.05, 3.63) is 16.1 Å². The predicted octanol–water partition coefficient (Wildman–Crippen LogP) is 2.37. The molecule has 1 amide bonds. The van der Waals surface area contributed by atoms with Crippen LogP contribution in [-0.2, 0) is 0 Å².